The summed E-state index contributed by atoms with van der Waals surface area (Å²) < 4.78 is 5.89. The number of carbonyl (C=O) groups excluding carboxylic acids is 1. The normalized spacial score (nSPS) is 15.9. The molecule has 2 aromatic rings. The molecule has 3 rings (SSSR count). The van der Waals surface area contributed by atoms with Crippen LogP contribution in [0.15, 0.2) is 60.7 Å². The van der Waals surface area contributed by atoms with E-state index in [1.807, 2.05) is 60.4 Å². The lowest BCUT2D eigenvalue weighted by atomic mass is 10.2. The van der Waals surface area contributed by atoms with E-state index in [4.69, 9.17) is 4.74 Å². The van der Waals surface area contributed by atoms with Crippen molar-refractivity contribution in [1.82, 2.24) is 4.90 Å². The maximum atomic E-state index is 12.8. The first-order valence-electron chi connectivity index (χ1n) is 8.58. The monoisotopic (exact) mass is 324 g/mol. The third-order valence-electron chi connectivity index (χ3n) is 4.38. The molecule has 126 valence electrons. The summed E-state index contributed by atoms with van der Waals surface area (Å²) in [5.41, 5.74) is 1.22. The van der Waals surface area contributed by atoms with Crippen molar-refractivity contribution in [3.8, 4) is 5.75 Å². The van der Waals surface area contributed by atoms with Crippen molar-refractivity contribution in [3.05, 3.63) is 60.7 Å². The van der Waals surface area contributed by atoms with Gasteiger partial charge in [-0.3, -0.25) is 4.79 Å². The first-order valence-corrected chi connectivity index (χ1v) is 8.58. The molecule has 1 heterocycles. The molecule has 24 heavy (non-hydrogen) atoms. The average Bonchev–Trinajstić information content (AvgIpc) is 2.67. The Balaban J connectivity index is 1.57. The number of nitrogens with zero attached hydrogens (tertiary/aromatic N) is 2. The minimum atomic E-state index is -0.407. The Morgan fingerprint density at radius 3 is 2.12 bits per heavy atom. The average molecular weight is 324 g/mol. The summed E-state index contributed by atoms with van der Waals surface area (Å²) in [6.45, 7) is 5.19. The van der Waals surface area contributed by atoms with E-state index in [0.717, 1.165) is 31.9 Å². The van der Waals surface area contributed by atoms with Gasteiger partial charge in [0.1, 0.15) is 5.75 Å². The second-order valence-electron chi connectivity index (χ2n) is 5.98. The number of para-hydroxylation sites is 2. The molecule has 1 saturated heterocycles. The summed E-state index contributed by atoms with van der Waals surface area (Å²) in [7, 11) is 0. The van der Waals surface area contributed by atoms with Crippen LogP contribution in [0.4, 0.5) is 5.69 Å². The number of hydrogen-bond donors (Lipinski definition) is 0. The van der Waals surface area contributed by atoms with E-state index in [9.17, 15) is 4.79 Å². The van der Waals surface area contributed by atoms with E-state index < -0.39 is 6.10 Å². The van der Waals surface area contributed by atoms with E-state index in [1.165, 1.54) is 5.69 Å². The fourth-order valence-corrected chi connectivity index (χ4v) is 3.00. The summed E-state index contributed by atoms with van der Waals surface area (Å²) in [6.07, 6.45) is 0.266. The summed E-state index contributed by atoms with van der Waals surface area (Å²) in [5.74, 6) is 0.842. The molecule has 1 atom stereocenters. The van der Waals surface area contributed by atoms with Crippen molar-refractivity contribution in [1.29, 1.82) is 0 Å². The van der Waals surface area contributed by atoms with Crippen molar-refractivity contribution in [2.24, 2.45) is 0 Å². The van der Waals surface area contributed by atoms with E-state index >= 15 is 0 Å². The molecule has 4 heteroatoms. The molecule has 0 aliphatic carbocycles. The summed E-state index contributed by atoms with van der Waals surface area (Å²) in [5, 5.41) is 0. The highest BCUT2D eigenvalue weighted by Gasteiger charge is 2.27. The third kappa shape index (κ3) is 3.88. The molecule has 0 aromatic heterocycles. The molecule has 0 spiro atoms. The molecule has 0 bridgehead atoms. The first-order chi connectivity index (χ1) is 11.8. The Kier molecular flexibility index (Phi) is 5.36. The predicted molar refractivity (Wildman–Crippen MR) is 96.4 cm³/mol. The molecule has 1 fully saturated rings. The lowest BCUT2D eigenvalue weighted by Crippen LogP contribution is -2.52. The minimum Gasteiger partial charge on any atom is -0.481 e. The number of amides is 1. The van der Waals surface area contributed by atoms with Gasteiger partial charge in [0.15, 0.2) is 6.10 Å². The number of benzene rings is 2. The zero-order valence-electron chi connectivity index (χ0n) is 14.1. The number of rotatable bonds is 5. The molecule has 0 saturated carbocycles. The fourth-order valence-electron chi connectivity index (χ4n) is 3.00. The van der Waals surface area contributed by atoms with Crippen LogP contribution in [0.5, 0.6) is 5.75 Å². The van der Waals surface area contributed by atoms with Crippen LogP contribution < -0.4 is 9.64 Å². The van der Waals surface area contributed by atoms with Crippen LogP contribution in [-0.2, 0) is 4.79 Å². The molecular formula is C20H24N2O2. The van der Waals surface area contributed by atoms with Gasteiger partial charge in [-0.25, -0.2) is 0 Å². The number of ether oxygens (including phenoxy) is 1. The largest absolute Gasteiger partial charge is 0.481 e. The second kappa shape index (κ2) is 7.86. The van der Waals surface area contributed by atoms with Gasteiger partial charge in [-0.1, -0.05) is 43.3 Å². The lowest BCUT2D eigenvalue weighted by Gasteiger charge is -2.37. The van der Waals surface area contributed by atoms with Crippen LogP contribution in [0.25, 0.3) is 0 Å². The molecule has 1 amide bonds. The molecular weight excluding hydrogens is 300 g/mol. The van der Waals surface area contributed by atoms with Crippen LogP contribution in [0.3, 0.4) is 0 Å². The first kappa shape index (κ1) is 16.4. The van der Waals surface area contributed by atoms with E-state index in [1.54, 1.807) is 0 Å². The third-order valence-corrected chi connectivity index (χ3v) is 4.38. The Morgan fingerprint density at radius 1 is 0.958 bits per heavy atom. The lowest BCUT2D eigenvalue weighted by molar-refractivity contribution is -0.139. The molecule has 1 aliphatic heterocycles. The van der Waals surface area contributed by atoms with E-state index in [0.29, 0.717) is 6.42 Å². The summed E-state index contributed by atoms with van der Waals surface area (Å²) in [4.78, 5) is 17.0. The van der Waals surface area contributed by atoms with Crippen molar-refractivity contribution in [2.45, 2.75) is 19.4 Å². The summed E-state index contributed by atoms with van der Waals surface area (Å²) in [6, 6.07) is 19.9. The van der Waals surface area contributed by atoms with Gasteiger partial charge in [-0.2, -0.15) is 0 Å². The zero-order chi connectivity index (χ0) is 16.8. The van der Waals surface area contributed by atoms with Crippen molar-refractivity contribution in [2.75, 3.05) is 31.1 Å². The highest BCUT2D eigenvalue weighted by atomic mass is 16.5. The van der Waals surface area contributed by atoms with Crippen molar-refractivity contribution < 1.29 is 9.53 Å². The van der Waals surface area contributed by atoms with Crippen LogP contribution in [-0.4, -0.2) is 43.1 Å². The Labute approximate surface area is 143 Å². The van der Waals surface area contributed by atoms with Gasteiger partial charge in [0.25, 0.3) is 5.91 Å². The van der Waals surface area contributed by atoms with Crippen LogP contribution in [0.1, 0.15) is 13.3 Å². The highest BCUT2D eigenvalue weighted by Crippen LogP contribution is 2.18. The number of anilines is 1. The molecule has 4 nitrogen and oxygen atoms in total. The SMILES string of the molecule is CC[C@H](Oc1ccccc1)C(=O)N1CCN(c2ccccc2)CC1. The zero-order valence-corrected chi connectivity index (χ0v) is 14.1. The van der Waals surface area contributed by atoms with Gasteiger partial charge in [-0.15, -0.1) is 0 Å². The van der Waals surface area contributed by atoms with Gasteiger partial charge in [-0.05, 0) is 30.7 Å². The van der Waals surface area contributed by atoms with Crippen molar-refractivity contribution in [3.63, 3.8) is 0 Å². The Hall–Kier alpha value is -2.49. The van der Waals surface area contributed by atoms with E-state index in [2.05, 4.69) is 17.0 Å². The quantitative estimate of drug-likeness (QED) is 0.847. The topological polar surface area (TPSA) is 32.8 Å². The molecule has 2 aromatic carbocycles. The summed E-state index contributed by atoms with van der Waals surface area (Å²) >= 11 is 0. The number of piperazine rings is 1. The highest BCUT2D eigenvalue weighted by molar-refractivity contribution is 5.81. The Morgan fingerprint density at radius 2 is 1.54 bits per heavy atom. The van der Waals surface area contributed by atoms with Crippen molar-refractivity contribution >= 4 is 11.6 Å². The molecule has 1 aliphatic rings. The maximum Gasteiger partial charge on any atom is 0.263 e. The van der Waals surface area contributed by atoms with Gasteiger partial charge >= 0.3 is 0 Å². The molecule has 0 unspecified atom stereocenters. The smallest absolute Gasteiger partial charge is 0.263 e. The van der Waals surface area contributed by atoms with Gasteiger partial charge in [0.05, 0.1) is 0 Å². The van der Waals surface area contributed by atoms with Gasteiger partial charge in [0.2, 0.25) is 0 Å². The fraction of sp³-hybridized carbons (Fsp3) is 0.350. The van der Waals surface area contributed by atoms with E-state index in [-0.39, 0.29) is 5.91 Å². The second-order valence-corrected chi connectivity index (χ2v) is 5.98. The minimum absolute atomic E-state index is 0.0917. The standard InChI is InChI=1S/C20H24N2O2/c1-2-19(24-18-11-7-4-8-12-18)20(23)22-15-13-21(14-16-22)17-9-5-3-6-10-17/h3-12,19H,2,13-16H2,1H3/t19-/m0/s1. The number of hydrogen-bond acceptors (Lipinski definition) is 3. The van der Waals surface area contributed by atoms with Crippen LogP contribution >= 0.6 is 0 Å². The van der Waals surface area contributed by atoms with Crippen LogP contribution in [0.2, 0.25) is 0 Å². The molecule has 0 N–H and O–H groups in total. The number of carbonyl (C=O) groups is 1. The predicted octanol–water partition coefficient (Wildman–Crippen LogP) is 3.19. The van der Waals surface area contributed by atoms with Crippen LogP contribution in [0, 0.1) is 0 Å². The molecule has 0 radical (unpaired) electrons. The Bertz CT molecular complexity index is 637. The van der Waals surface area contributed by atoms with Gasteiger partial charge < -0.3 is 14.5 Å². The maximum absolute atomic E-state index is 12.8. The van der Waals surface area contributed by atoms with Gasteiger partial charge in [0, 0.05) is 31.9 Å².